The first-order valence-corrected chi connectivity index (χ1v) is 14.8. The molecular weight excluding hydrogens is 524 g/mol. The lowest BCUT2D eigenvalue weighted by Crippen LogP contribution is -2.46. The normalized spacial score (nSPS) is 21.6. The Morgan fingerprint density at radius 3 is 2.61 bits per heavy atom. The Kier molecular flexibility index (Phi) is 9.03. The van der Waals surface area contributed by atoms with Crippen LogP contribution in [-0.4, -0.2) is 75.1 Å². The van der Waals surface area contributed by atoms with Crippen LogP contribution in [0.3, 0.4) is 0 Å². The number of anilines is 1. The number of amides is 1. The molecule has 0 saturated carbocycles. The third-order valence-electron chi connectivity index (χ3n) is 6.70. The molecule has 1 amide bonds. The van der Waals surface area contributed by atoms with Gasteiger partial charge in [0.15, 0.2) is 0 Å². The number of benzene rings is 2. The molecule has 0 radical (unpaired) electrons. The zero-order chi connectivity index (χ0) is 27.3. The highest BCUT2D eigenvalue weighted by Gasteiger charge is 2.29. The fraction of sp³-hybridized carbons (Fsp3) is 0.407. The van der Waals surface area contributed by atoms with E-state index in [2.05, 4.69) is 28.5 Å². The predicted molar refractivity (Wildman–Crippen MR) is 148 cm³/mol. The number of methoxy groups -OCH3 is 1. The smallest absolute Gasteiger partial charge is 0.261 e. The summed E-state index contributed by atoms with van der Waals surface area (Å²) >= 11 is 1.61. The molecule has 3 aromatic rings. The molecule has 38 heavy (non-hydrogen) atoms. The predicted octanol–water partition coefficient (Wildman–Crippen LogP) is 3.95. The second kappa shape index (κ2) is 12.2. The summed E-state index contributed by atoms with van der Waals surface area (Å²) in [6.07, 6.45) is 1.63. The molecule has 0 spiro atoms. The van der Waals surface area contributed by atoms with Crippen molar-refractivity contribution in [2.45, 2.75) is 37.4 Å². The highest BCUT2D eigenvalue weighted by atomic mass is 32.2. The van der Waals surface area contributed by atoms with E-state index in [9.17, 15) is 13.2 Å². The third kappa shape index (κ3) is 6.71. The van der Waals surface area contributed by atoms with Crippen LogP contribution in [0, 0.1) is 5.92 Å². The van der Waals surface area contributed by atoms with Gasteiger partial charge in [0.25, 0.3) is 15.9 Å². The molecule has 0 saturated heterocycles. The SMILES string of the molecule is CO[C@@H]1CN(C)C(=O)c2ccc(NS(=O)(=O)c3ccccc3)cc2OC[C@H](C)N(Cc2nccs2)C[C@@H]1C. The topological polar surface area (TPSA) is 101 Å². The molecule has 1 aromatic heterocycles. The molecule has 0 fully saturated rings. The minimum absolute atomic E-state index is 0.0105. The largest absolute Gasteiger partial charge is 0.491 e. The molecular formula is C27H34N4O5S2. The van der Waals surface area contributed by atoms with E-state index in [-0.39, 0.29) is 28.9 Å². The van der Waals surface area contributed by atoms with Gasteiger partial charge in [0, 0.05) is 50.9 Å². The van der Waals surface area contributed by atoms with E-state index in [1.54, 1.807) is 73.0 Å². The van der Waals surface area contributed by atoms with Crippen LogP contribution in [0.25, 0.3) is 0 Å². The Hall–Kier alpha value is -2.99. The quantitative estimate of drug-likeness (QED) is 0.489. The average Bonchev–Trinajstić information content (AvgIpc) is 3.42. The van der Waals surface area contributed by atoms with Crippen LogP contribution >= 0.6 is 11.3 Å². The molecule has 2 heterocycles. The van der Waals surface area contributed by atoms with Crippen LogP contribution in [-0.2, 0) is 21.3 Å². The highest BCUT2D eigenvalue weighted by Crippen LogP contribution is 2.28. The van der Waals surface area contributed by atoms with E-state index < -0.39 is 10.0 Å². The number of hydrogen-bond donors (Lipinski definition) is 1. The van der Waals surface area contributed by atoms with Crippen molar-refractivity contribution in [1.29, 1.82) is 0 Å². The van der Waals surface area contributed by atoms with Crippen LogP contribution in [0.4, 0.5) is 5.69 Å². The van der Waals surface area contributed by atoms with E-state index >= 15 is 0 Å². The number of aromatic nitrogens is 1. The number of ether oxygens (including phenoxy) is 2. The van der Waals surface area contributed by atoms with Crippen molar-refractivity contribution >= 4 is 33.0 Å². The van der Waals surface area contributed by atoms with Crippen molar-refractivity contribution in [1.82, 2.24) is 14.8 Å². The number of rotatable bonds is 6. The van der Waals surface area contributed by atoms with Crippen LogP contribution in [0.1, 0.15) is 29.2 Å². The summed E-state index contributed by atoms with van der Waals surface area (Å²) in [5.41, 5.74) is 0.669. The maximum Gasteiger partial charge on any atom is 0.261 e. The number of likely N-dealkylation sites (N-methyl/N-ethyl adjacent to an activating group) is 1. The average molecular weight is 559 g/mol. The van der Waals surface area contributed by atoms with Crippen molar-refractivity contribution in [3.05, 3.63) is 70.7 Å². The zero-order valence-electron chi connectivity index (χ0n) is 22.0. The van der Waals surface area contributed by atoms with Crippen molar-refractivity contribution < 1.29 is 22.7 Å². The van der Waals surface area contributed by atoms with Gasteiger partial charge < -0.3 is 14.4 Å². The maximum absolute atomic E-state index is 13.4. The summed E-state index contributed by atoms with van der Waals surface area (Å²) in [4.78, 5) is 22.0. The van der Waals surface area contributed by atoms with E-state index in [4.69, 9.17) is 9.47 Å². The molecule has 2 aromatic carbocycles. The van der Waals surface area contributed by atoms with Gasteiger partial charge in [-0.05, 0) is 37.1 Å². The van der Waals surface area contributed by atoms with Gasteiger partial charge in [-0.1, -0.05) is 25.1 Å². The molecule has 1 aliphatic heterocycles. The third-order valence-corrected chi connectivity index (χ3v) is 8.86. The molecule has 1 aliphatic rings. The second-order valence-electron chi connectivity index (χ2n) is 9.58. The van der Waals surface area contributed by atoms with Crippen molar-refractivity contribution in [2.75, 3.05) is 38.6 Å². The van der Waals surface area contributed by atoms with Crippen molar-refractivity contribution in [3.8, 4) is 5.75 Å². The first kappa shape index (κ1) is 28.0. The number of carbonyl (C=O) groups is 1. The highest BCUT2D eigenvalue weighted by molar-refractivity contribution is 7.92. The summed E-state index contributed by atoms with van der Waals surface area (Å²) in [7, 11) is -0.398. The summed E-state index contributed by atoms with van der Waals surface area (Å²) in [6.45, 7) is 6.30. The van der Waals surface area contributed by atoms with Crippen molar-refractivity contribution in [2.24, 2.45) is 5.92 Å². The first-order chi connectivity index (χ1) is 18.2. The van der Waals surface area contributed by atoms with Gasteiger partial charge in [-0.25, -0.2) is 13.4 Å². The molecule has 4 rings (SSSR count). The first-order valence-electron chi connectivity index (χ1n) is 12.4. The molecule has 9 nitrogen and oxygen atoms in total. The number of thiazole rings is 1. The van der Waals surface area contributed by atoms with Crippen LogP contribution in [0.15, 0.2) is 65.0 Å². The van der Waals surface area contributed by atoms with Gasteiger partial charge in [-0.2, -0.15) is 0 Å². The second-order valence-corrected chi connectivity index (χ2v) is 12.2. The molecule has 0 aliphatic carbocycles. The standard InChI is InChI=1S/C27H34N4O5S2/c1-19-15-31(17-26-28-12-13-37-26)20(2)18-36-24-14-21(29-38(33,34)22-8-6-5-7-9-22)10-11-23(24)27(32)30(3)16-25(19)35-4/h5-14,19-20,25,29H,15-18H2,1-4H3/t19-,20-,25+/m0/s1. The fourth-order valence-corrected chi connectivity index (χ4v) is 6.16. The van der Waals surface area contributed by atoms with Gasteiger partial charge in [-0.3, -0.25) is 14.4 Å². The number of carbonyl (C=O) groups excluding carboxylic acids is 1. The lowest BCUT2D eigenvalue weighted by Gasteiger charge is -2.35. The molecule has 11 heteroatoms. The number of hydrogen-bond acceptors (Lipinski definition) is 8. The van der Waals surface area contributed by atoms with E-state index in [1.807, 2.05) is 5.38 Å². The summed E-state index contributed by atoms with van der Waals surface area (Å²) in [6, 6.07) is 12.9. The Labute approximate surface area is 228 Å². The van der Waals surface area contributed by atoms with E-state index in [0.29, 0.717) is 36.7 Å². The molecule has 3 atom stereocenters. The van der Waals surface area contributed by atoms with Gasteiger partial charge in [0.05, 0.1) is 28.8 Å². The number of nitrogens with zero attached hydrogens (tertiary/aromatic N) is 3. The molecule has 0 unspecified atom stereocenters. The molecule has 0 bridgehead atoms. The number of fused-ring (bicyclic) bond motifs is 1. The van der Waals surface area contributed by atoms with Crippen LogP contribution in [0.2, 0.25) is 0 Å². The molecule has 1 N–H and O–H groups in total. The molecule has 204 valence electrons. The van der Waals surface area contributed by atoms with E-state index in [1.165, 1.54) is 12.1 Å². The number of nitrogens with one attached hydrogen (secondary N) is 1. The van der Waals surface area contributed by atoms with E-state index in [0.717, 1.165) is 11.6 Å². The number of sulfonamides is 1. The van der Waals surface area contributed by atoms with Crippen LogP contribution in [0.5, 0.6) is 5.75 Å². The van der Waals surface area contributed by atoms with Gasteiger partial charge >= 0.3 is 0 Å². The summed E-state index contributed by atoms with van der Waals surface area (Å²) < 4.78 is 40.4. The Morgan fingerprint density at radius 2 is 1.92 bits per heavy atom. The minimum Gasteiger partial charge on any atom is -0.491 e. The lowest BCUT2D eigenvalue weighted by molar-refractivity contribution is 0.00921. The summed E-state index contributed by atoms with van der Waals surface area (Å²) in [5, 5.41) is 2.97. The summed E-state index contributed by atoms with van der Waals surface area (Å²) in [5.74, 6) is 0.240. The van der Waals surface area contributed by atoms with Gasteiger partial charge in [0.2, 0.25) is 0 Å². The monoisotopic (exact) mass is 558 g/mol. The fourth-order valence-electron chi connectivity index (χ4n) is 4.45. The zero-order valence-corrected chi connectivity index (χ0v) is 23.7. The Morgan fingerprint density at radius 1 is 1.16 bits per heavy atom. The lowest BCUT2D eigenvalue weighted by atomic mass is 10.0. The van der Waals surface area contributed by atoms with Crippen molar-refractivity contribution in [3.63, 3.8) is 0 Å². The van der Waals surface area contributed by atoms with Gasteiger partial charge in [0.1, 0.15) is 17.4 Å². The Balaban J connectivity index is 1.65. The van der Waals surface area contributed by atoms with Crippen LogP contribution < -0.4 is 9.46 Å². The van der Waals surface area contributed by atoms with Gasteiger partial charge in [-0.15, -0.1) is 11.3 Å². The Bertz CT molecular complexity index is 1320. The minimum atomic E-state index is -3.80. The maximum atomic E-state index is 13.4.